The molecule has 0 unspecified atom stereocenters. The Bertz CT molecular complexity index is 582. The quantitative estimate of drug-likeness (QED) is 0.755. The van der Waals surface area contributed by atoms with Crippen LogP contribution in [0.5, 0.6) is 11.5 Å². The molecule has 0 bridgehead atoms. The largest absolute Gasteiger partial charge is 0.490 e. The van der Waals surface area contributed by atoms with E-state index in [4.69, 9.17) is 9.47 Å². The molecule has 0 saturated carbocycles. The van der Waals surface area contributed by atoms with Crippen molar-refractivity contribution in [3.8, 4) is 11.5 Å². The second-order valence-electron chi connectivity index (χ2n) is 4.12. The summed E-state index contributed by atoms with van der Waals surface area (Å²) in [5.74, 6) is -0.422. The van der Waals surface area contributed by atoms with Crippen LogP contribution in [-0.4, -0.2) is 12.9 Å². The first-order valence-corrected chi connectivity index (χ1v) is 6.33. The number of carbonyl (C=O) groups is 1. The zero-order valence-corrected chi connectivity index (χ0v) is 11.1. The highest BCUT2D eigenvalue weighted by Gasteiger charge is 2.15. The molecule has 2 rings (SSSR count). The molecular formula is C16H15FO3. The Kier molecular flexibility index (Phi) is 4.71. The minimum atomic E-state index is -0.693. The van der Waals surface area contributed by atoms with E-state index in [0.29, 0.717) is 18.6 Å². The molecule has 0 atom stereocenters. The Labute approximate surface area is 117 Å². The van der Waals surface area contributed by atoms with Gasteiger partial charge in [-0.1, -0.05) is 30.3 Å². The number of benzene rings is 2. The summed E-state index contributed by atoms with van der Waals surface area (Å²) in [7, 11) is 0. The summed E-state index contributed by atoms with van der Waals surface area (Å²) in [4.78, 5) is 10.8. The molecule has 0 aliphatic heterocycles. The normalized spacial score (nSPS) is 10.1. The van der Waals surface area contributed by atoms with Gasteiger partial charge in [-0.25, -0.2) is 4.39 Å². The minimum absolute atomic E-state index is 0.0275. The van der Waals surface area contributed by atoms with E-state index in [2.05, 4.69) is 0 Å². The molecule has 0 aromatic heterocycles. The van der Waals surface area contributed by atoms with Crippen molar-refractivity contribution in [1.82, 2.24) is 0 Å². The van der Waals surface area contributed by atoms with Gasteiger partial charge in [-0.2, -0.15) is 0 Å². The summed E-state index contributed by atoms with van der Waals surface area (Å²) in [5, 5.41) is 0. The minimum Gasteiger partial charge on any atom is -0.490 e. The first-order chi connectivity index (χ1) is 9.76. The van der Waals surface area contributed by atoms with Crippen molar-refractivity contribution in [2.75, 3.05) is 6.61 Å². The SMILES string of the molecule is CCOc1ccc(C=O)c(F)c1OCc1ccccc1. The first kappa shape index (κ1) is 14.1. The maximum Gasteiger partial charge on any atom is 0.198 e. The number of aldehydes is 1. The van der Waals surface area contributed by atoms with Crippen LogP contribution in [0.4, 0.5) is 4.39 Å². The van der Waals surface area contributed by atoms with Gasteiger partial charge in [0.05, 0.1) is 12.2 Å². The van der Waals surface area contributed by atoms with Gasteiger partial charge in [0.15, 0.2) is 23.6 Å². The van der Waals surface area contributed by atoms with Gasteiger partial charge in [0.1, 0.15) is 6.61 Å². The van der Waals surface area contributed by atoms with E-state index in [1.807, 2.05) is 30.3 Å². The van der Waals surface area contributed by atoms with Crippen molar-refractivity contribution in [2.45, 2.75) is 13.5 Å². The topological polar surface area (TPSA) is 35.5 Å². The fraction of sp³-hybridized carbons (Fsp3) is 0.188. The number of carbonyl (C=O) groups excluding carboxylic acids is 1. The second kappa shape index (κ2) is 6.70. The Morgan fingerprint density at radius 1 is 1.10 bits per heavy atom. The smallest absolute Gasteiger partial charge is 0.198 e. The number of halogens is 1. The van der Waals surface area contributed by atoms with Crippen molar-refractivity contribution < 1.29 is 18.7 Å². The Hall–Kier alpha value is -2.36. The van der Waals surface area contributed by atoms with Crippen molar-refractivity contribution >= 4 is 6.29 Å². The van der Waals surface area contributed by atoms with Crippen molar-refractivity contribution in [2.24, 2.45) is 0 Å². The Balaban J connectivity index is 2.26. The molecule has 0 saturated heterocycles. The van der Waals surface area contributed by atoms with E-state index >= 15 is 0 Å². The van der Waals surface area contributed by atoms with Gasteiger partial charge in [0.2, 0.25) is 0 Å². The van der Waals surface area contributed by atoms with Crippen LogP contribution in [-0.2, 0) is 6.61 Å². The molecule has 2 aromatic rings. The van der Waals surface area contributed by atoms with Gasteiger partial charge < -0.3 is 9.47 Å². The Morgan fingerprint density at radius 2 is 1.85 bits per heavy atom. The highest BCUT2D eigenvalue weighted by Crippen LogP contribution is 2.32. The maximum absolute atomic E-state index is 14.1. The zero-order chi connectivity index (χ0) is 14.4. The third kappa shape index (κ3) is 3.15. The molecule has 0 radical (unpaired) electrons. The molecule has 20 heavy (non-hydrogen) atoms. The van der Waals surface area contributed by atoms with Gasteiger partial charge in [-0.3, -0.25) is 4.79 Å². The van der Waals surface area contributed by atoms with Crippen LogP contribution >= 0.6 is 0 Å². The highest BCUT2D eigenvalue weighted by molar-refractivity contribution is 5.77. The predicted octanol–water partition coefficient (Wildman–Crippen LogP) is 3.62. The van der Waals surface area contributed by atoms with Crippen LogP contribution in [0.15, 0.2) is 42.5 Å². The molecule has 4 heteroatoms. The van der Waals surface area contributed by atoms with Gasteiger partial charge in [0.25, 0.3) is 0 Å². The predicted molar refractivity (Wildman–Crippen MR) is 73.7 cm³/mol. The van der Waals surface area contributed by atoms with E-state index in [0.717, 1.165) is 5.56 Å². The van der Waals surface area contributed by atoms with Crippen LogP contribution < -0.4 is 9.47 Å². The van der Waals surface area contributed by atoms with Crippen LogP contribution in [0.1, 0.15) is 22.8 Å². The molecule has 0 spiro atoms. The molecule has 0 heterocycles. The Morgan fingerprint density at radius 3 is 2.50 bits per heavy atom. The van der Waals surface area contributed by atoms with Gasteiger partial charge in [-0.15, -0.1) is 0 Å². The lowest BCUT2D eigenvalue weighted by atomic mass is 10.2. The molecule has 104 valence electrons. The summed E-state index contributed by atoms with van der Waals surface area (Å²) < 4.78 is 24.9. The van der Waals surface area contributed by atoms with Crippen LogP contribution in [0.25, 0.3) is 0 Å². The van der Waals surface area contributed by atoms with Crippen LogP contribution in [0.2, 0.25) is 0 Å². The zero-order valence-electron chi connectivity index (χ0n) is 11.1. The lowest BCUT2D eigenvalue weighted by Crippen LogP contribution is -2.03. The fourth-order valence-corrected chi connectivity index (χ4v) is 1.78. The number of hydrogen-bond acceptors (Lipinski definition) is 3. The molecule has 0 N–H and O–H groups in total. The van der Waals surface area contributed by atoms with E-state index in [1.54, 1.807) is 6.92 Å². The average molecular weight is 274 g/mol. The second-order valence-corrected chi connectivity index (χ2v) is 4.12. The summed E-state index contributed by atoms with van der Waals surface area (Å²) >= 11 is 0. The summed E-state index contributed by atoms with van der Waals surface area (Å²) in [5.41, 5.74) is 0.863. The summed E-state index contributed by atoms with van der Waals surface area (Å²) in [6.07, 6.45) is 0.459. The number of ether oxygens (including phenoxy) is 2. The lowest BCUT2D eigenvalue weighted by molar-refractivity contribution is 0.111. The first-order valence-electron chi connectivity index (χ1n) is 6.33. The van der Waals surface area contributed by atoms with Crippen LogP contribution in [0.3, 0.4) is 0 Å². The van der Waals surface area contributed by atoms with Crippen molar-refractivity contribution in [3.63, 3.8) is 0 Å². The molecule has 3 nitrogen and oxygen atoms in total. The van der Waals surface area contributed by atoms with E-state index < -0.39 is 5.82 Å². The third-order valence-corrected chi connectivity index (χ3v) is 2.74. The van der Waals surface area contributed by atoms with Gasteiger partial charge >= 0.3 is 0 Å². The molecular weight excluding hydrogens is 259 g/mol. The van der Waals surface area contributed by atoms with Crippen LogP contribution in [0, 0.1) is 5.82 Å². The van der Waals surface area contributed by atoms with E-state index in [1.165, 1.54) is 12.1 Å². The number of rotatable bonds is 6. The van der Waals surface area contributed by atoms with E-state index in [-0.39, 0.29) is 17.9 Å². The maximum atomic E-state index is 14.1. The molecule has 0 fully saturated rings. The molecule has 2 aromatic carbocycles. The third-order valence-electron chi connectivity index (χ3n) is 2.74. The fourth-order valence-electron chi connectivity index (χ4n) is 1.78. The lowest BCUT2D eigenvalue weighted by Gasteiger charge is -2.13. The van der Waals surface area contributed by atoms with Gasteiger partial charge in [0, 0.05) is 0 Å². The standard InChI is InChI=1S/C16H15FO3/c1-2-19-14-9-8-13(10-18)15(17)16(14)20-11-12-6-4-3-5-7-12/h3-10H,2,11H2,1H3. The summed E-state index contributed by atoms with van der Waals surface area (Å²) in [6.45, 7) is 2.40. The summed E-state index contributed by atoms with van der Waals surface area (Å²) in [6, 6.07) is 12.3. The van der Waals surface area contributed by atoms with Crippen molar-refractivity contribution in [1.29, 1.82) is 0 Å². The molecule has 0 aliphatic rings. The molecule has 0 aliphatic carbocycles. The van der Waals surface area contributed by atoms with Crippen molar-refractivity contribution in [3.05, 3.63) is 59.4 Å². The van der Waals surface area contributed by atoms with Gasteiger partial charge in [-0.05, 0) is 24.6 Å². The monoisotopic (exact) mass is 274 g/mol. The number of hydrogen-bond donors (Lipinski definition) is 0. The highest BCUT2D eigenvalue weighted by atomic mass is 19.1. The average Bonchev–Trinajstić information content (AvgIpc) is 2.48. The molecule has 0 amide bonds. The van der Waals surface area contributed by atoms with E-state index in [9.17, 15) is 9.18 Å².